The number of benzene rings is 1. The van der Waals surface area contributed by atoms with Crippen LogP contribution in [0.1, 0.15) is 6.92 Å². The number of piperazine rings is 1. The number of rotatable bonds is 5. The number of halogens is 2. The van der Waals surface area contributed by atoms with Crippen LogP contribution in [0.5, 0.6) is 5.75 Å². The highest BCUT2D eigenvalue weighted by molar-refractivity contribution is 7.91. The maximum Gasteiger partial charge on any atom is 0.263 e. The zero-order valence-electron chi connectivity index (χ0n) is 14.5. The number of hydrogen-bond donors (Lipinski definition) is 0. The van der Waals surface area contributed by atoms with Crippen LogP contribution in [0.2, 0.25) is 9.36 Å². The molecular weight excluding hydrogens is 431 g/mol. The van der Waals surface area contributed by atoms with Crippen LogP contribution in [0.4, 0.5) is 0 Å². The van der Waals surface area contributed by atoms with Crippen LogP contribution in [0.15, 0.2) is 40.6 Å². The molecule has 10 heteroatoms. The lowest BCUT2D eigenvalue weighted by Crippen LogP contribution is -2.53. The van der Waals surface area contributed by atoms with Crippen LogP contribution in [0.3, 0.4) is 0 Å². The van der Waals surface area contributed by atoms with E-state index in [-0.39, 0.29) is 23.2 Å². The summed E-state index contributed by atoms with van der Waals surface area (Å²) >= 11 is 12.8. The van der Waals surface area contributed by atoms with Crippen molar-refractivity contribution in [3.8, 4) is 5.75 Å². The summed E-state index contributed by atoms with van der Waals surface area (Å²) in [6, 6.07) is 9.90. The van der Waals surface area contributed by atoms with Gasteiger partial charge in [-0.15, -0.1) is 11.3 Å². The first-order valence-electron chi connectivity index (χ1n) is 8.24. The maximum atomic E-state index is 12.6. The van der Waals surface area contributed by atoms with Gasteiger partial charge >= 0.3 is 0 Å². The Morgan fingerprint density at radius 2 is 1.85 bits per heavy atom. The van der Waals surface area contributed by atoms with E-state index in [2.05, 4.69) is 0 Å². The summed E-state index contributed by atoms with van der Waals surface area (Å²) in [5, 5.41) is 0.527. The molecule has 0 bridgehead atoms. The lowest BCUT2D eigenvalue weighted by atomic mass is 10.2. The minimum atomic E-state index is -3.58. The molecule has 1 aliphatic heterocycles. The third-order valence-electron chi connectivity index (χ3n) is 4.15. The van der Waals surface area contributed by atoms with Gasteiger partial charge in [-0.1, -0.05) is 29.3 Å². The first-order chi connectivity index (χ1) is 12.8. The van der Waals surface area contributed by atoms with Gasteiger partial charge < -0.3 is 9.64 Å². The van der Waals surface area contributed by atoms with Crippen molar-refractivity contribution in [3.63, 3.8) is 0 Å². The highest BCUT2D eigenvalue weighted by Crippen LogP contribution is 2.28. The standard InChI is InChI=1S/C17H18Cl2N2O4S2/c1-12(25-14-4-2-3-13(18)11-14)17(22)20-7-9-21(10-8-20)27(23,24)16-6-5-15(19)26-16/h2-6,11-12H,7-10H2,1H3. The van der Waals surface area contributed by atoms with E-state index in [0.717, 1.165) is 11.3 Å². The number of carbonyl (C=O) groups is 1. The topological polar surface area (TPSA) is 66.9 Å². The zero-order valence-corrected chi connectivity index (χ0v) is 17.6. The first-order valence-corrected chi connectivity index (χ1v) is 11.2. The fourth-order valence-corrected chi connectivity index (χ4v) is 6.00. The van der Waals surface area contributed by atoms with Crippen LogP contribution in [0, 0.1) is 0 Å². The predicted octanol–water partition coefficient (Wildman–Crippen LogP) is 3.36. The lowest BCUT2D eigenvalue weighted by molar-refractivity contribution is -0.139. The van der Waals surface area contributed by atoms with Crippen LogP contribution in [-0.2, 0) is 14.8 Å². The van der Waals surface area contributed by atoms with Crippen molar-refractivity contribution in [2.75, 3.05) is 26.2 Å². The summed E-state index contributed by atoms with van der Waals surface area (Å²) in [6.45, 7) is 2.74. The average Bonchev–Trinajstić information content (AvgIpc) is 3.08. The van der Waals surface area contributed by atoms with Gasteiger partial charge in [-0.2, -0.15) is 4.31 Å². The molecule has 146 valence electrons. The highest BCUT2D eigenvalue weighted by atomic mass is 35.5. The molecule has 0 saturated carbocycles. The Balaban J connectivity index is 1.59. The fraction of sp³-hybridized carbons (Fsp3) is 0.353. The third-order valence-corrected chi connectivity index (χ3v) is 7.98. The molecular formula is C17H18Cl2N2O4S2. The number of carbonyl (C=O) groups excluding carboxylic acids is 1. The van der Waals surface area contributed by atoms with E-state index in [1.165, 1.54) is 10.4 Å². The molecule has 0 radical (unpaired) electrons. The molecule has 1 aromatic carbocycles. The minimum absolute atomic E-state index is 0.189. The Labute approximate surface area is 172 Å². The van der Waals surface area contributed by atoms with Crippen molar-refractivity contribution in [2.24, 2.45) is 0 Å². The van der Waals surface area contributed by atoms with Crippen molar-refractivity contribution in [1.82, 2.24) is 9.21 Å². The van der Waals surface area contributed by atoms with Gasteiger partial charge in [0.05, 0.1) is 4.34 Å². The minimum Gasteiger partial charge on any atom is -0.481 e. The second kappa shape index (κ2) is 8.36. The van der Waals surface area contributed by atoms with E-state index >= 15 is 0 Å². The smallest absolute Gasteiger partial charge is 0.263 e. The summed E-state index contributed by atoms with van der Waals surface area (Å²) in [5.41, 5.74) is 0. The van der Waals surface area contributed by atoms with E-state index < -0.39 is 16.1 Å². The number of ether oxygens (including phenoxy) is 1. The molecule has 1 atom stereocenters. The molecule has 1 aliphatic rings. The molecule has 27 heavy (non-hydrogen) atoms. The average molecular weight is 449 g/mol. The Bertz CT molecular complexity index is 925. The number of sulfonamides is 1. The summed E-state index contributed by atoms with van der Waals surface area (Å²) in [6.07, 6.45) is -0.692. The molecule has 1 fully saturated rings. The van der Waals surface area contributed by atoms with Gasteiger partial charge in [0.25, 0.3) is 15.9 Å². The van der Waals surface area contributed by atoms with Gasteiger partial charge in [0.15, 0.2) is 6.10 Å². The Hall–Kier alpha value is -1.32. The van der Waals surface area contributed by atoms with Crippen molar-refractivity contribution < 1.29 is 17.9 Å². The SMILES string of the molecule is CC(Oc1cccc(Cl)c1)C(=O)N1CCN(S(=O)(=O)c2ccc(Cl)s2)CC1. The number of nitrogens with zero attached hydrogens (tertiary/aromatic N) is 2. The molecule has 3 rings (SSSR count). The molecule has 2 heterocycles. The van der Waals surface area contributed by atoms with E-state index in [4.69, 9.17) is 27.9 Å². The summed E-state index contributed by atoms with van der Waals surface area (Å²) < 4.78 is 32.9. The molecule has 6 nitrogen and oxygen atoms in total. The molecule has 1 unspecified atom stereocenters. The largest absolute Gasteiger partial charge is 0.481 e. The Morgan fingerprint density at radius 3 is 2.44 bits per heavy atom. The van der Waals surface area contributed by atoms with Crippen molar-refractivity contribution in [3.05, 3.63) is 45.8 Å². The van der Waals surface area contributed by atoms with E-state index in [1.54, 1.807) is 42.2 Å². The molecule has 1 saturated heterocycles. The predicted molar refractivity (Wildman–Crippen MR) is 106 cm³/mol. The van der Waals surface area contributed by atoms with E-state index in [1.807, 2.05) is 0 Å². The van der Waals surface area contributed by atoms with Crippen LogP contribution in [-0.4, -0.2) is 55.8 Å². The summed E-state index contributed by atoms with van der Waals surface area (Å²) in [4.78, 5) is 14.2. The third kappa shape index (κ3) is 4.75. The van der Waals surface area contributed by atoms with Gasteiger partial charge in [-0.05, 0) is 37.3 Å². The van der Waals surface area contributed by atoms with Gasteiger partial charge in [-0.25, -0.2) is 8.42 Å². The normalized spacial score (nSPS) is 16.9. The lowest BCUT2D eigenvalue weighted by Gasteiger charge is -2.34. The molecule has 1 amide bonds. The Morgan fingerprint density at radius 1 is 1.15 bits per heavy atom. The number of amides is 1. The van der Waals surface area contributed by atoms with E-state index in [9.17, 15) is 13.2 Å². The molecule has 1 aromatic heterocycles. The van der Waals surface area contributed by atoms with Crippen molar-refractivity contribution in [2.45, 2.75) is 17.2 Å². The zero-order chi connectivity index (χ0) is 19.6. The highest BCUT2D eigenvalue weighted by Gasteiger charge is 2.32. The van der Waals surface area contributed by atoms with E-state index in [0.29, 0.717) is 28.2 Å². The van der Waals surface area contributed by atoms with Crippen LogP contribution < -0.4 is 4.74 Å². The van der Waals surface area contributed by atoms with Crippen molar-refractivity contribution in [1.29, 1.82) is 0 Å². The van der Waals surface area contributed by atoms with Gasteiger partial charge in [0.2, 0.25) is 0 Å². The van der Waals surface area contributed by atoms with Crippen LogP contribution in [0.25, 0.3) is 0 Å². The molecule has 0 N–H and O–H groups in total. The first kappa shape index (κ1) is 20.4. The quantitative estimate of drug-likeness (QED) is 0.702. The summed E-state index contributed by atoms with van der Waals surface area (Å²) in [5.74, 6) is 0.324. The van der Waals surface area contributed by atoms with Gasteiger partial charge in [0, 0.05) is 31.2 Å². The molecule has 2 aromatic rings. The maximum absolute atomic E-state index is 12.6. The Kier molecular flexibility index (Phi) is 6.32. The van der Waals surface area contributed by atoms with Crippen molar-refractivity contribution >= 4 is 50.5 Å². The number of thiophene rings is 1. The second-order valence-electron chi connectivity index (χ2n) is 6.01. The molecule has 0 aliphatic carbocycles. The van der Waals surface area contributed by atoms with Gasteiger partial charge in [-0.3, -0.25) is 4.79 Å². The monoisotopic (exact) mass is 448 g/mol. The molecule has 0 spiro atoms. The fourth-order valence-electron chi connectivity index (χ4n) is 2.76. The van der Waals surface area contributed by atoms with Gasteiger partial charge in [0.1, 0.15) is 9.96 Å². The van der Waals surface area contributed by atoms with Crippen LogP contribution >= 0.6 is 34.5 Å². The second-order valence-corrected chi connectivity index (χ2v) is 10.3. The number of hydrogen-bond acceptors (Lipinski definition) is 5. The summed E-state index contributed by atoms with van der Waals surface area (Å²) in [7, 11) is -3.58.